The number of fused-ring (bicyclic) bond motifs is 1. The average molecular weight is 477 g/mol. The Kier molecular flexibility index (Phi) is 4.91. The number of benzene rings is 3. The van der Waals surface area contributed by atoms with E-state index in [1.807, 2.05) is 86.6 Å². The molecular weight excluding hydrogens is 456 g/mol. The van der Waals surface area contributed by atoms with Crippen LogP contribution in [-0.4, -0.2) is 17.9 Å². The standard InChI is InChI=1S/C25H21BrN2O3/c1-15-11-12-20(16(2)13-15)27-24(29)21-22(17-7-6-8-18(26)14-17)28(31-23(21)25(27)30)19-9-4-3-5-10-19/h3-14,21-23H,1-2H3/t21-,22-,23-/m1/s1. The van der Waals surface area contributed by atoms with E-state index in [-0.39, 0.29) is 11.8 Å². The molecule has 5 nitrogen and oxygen atoms in total. The number of hydroxylamine groups is 1. The molecule has 0 radical (unpaired) electrons. The summed E-state index contributed by atoms with van der Waals surface area (Å²) >= 11 is 3.53. The Bertz CT molecular complexity index is 1180. The van der Waals surface area contributed by atoms with Crippen LogP contribution in [0.2, 0.25) is 0 Å². The van der Waals surface area contributed by atoms with Gasteiger partial charge in [0.25, 0.3) is 5.91 Å². The Morgan fingerprint density at radius 2 is 1.65 bits per heavy atom. The van der Waals surface area contributed by atoms with E-state index in [1.54, 1.807) is 5.06 Å². The first-order valence-corrected chi connectivity index (χ1v) is 11.0. The Hall–Kier alpha value is -2.96. The molecule has 2 heterocycles. The van der Waals surface area contributed by atoms with Crippen LogP contribution in [0, 0.1) is 19.8 Å². The second-order valence-corrected chi connectivity index (χ2v) is 8.93. The molecule has 2 aliphatic rings. The molecule has 0 spiro atoms. The van der Waals surface area contributed by atoms with Crippen LogP contribution in [-0.2, 0) is 14.4 Å². The lowest BCUT2D eigenvalue weighted by molar-refractivity contribution is -0.126. The summed E-state index contributed by atoms with van der Waals surface area (Å²) in [5.41, 5.74) is 4.31. The van der Waals surface area contributed by atoms with Crippen molar-refractivity contribution in [3.8, 4) is 0 Å². The van der Waals surface area contributed by atoms with Gasteiger partial charge in [0.05, 0.1) is 17.4 Å². The van der Waals surface area contributed by atoms with E-state index in [0.717, 1.165) is 26.9 Å². The van der Waals surface area contributed by atoms with Gasteiger partial charge in [0.1, 0.15) is 5.92 Å². The van der Waals surface area contributed by atoms with E-state index >= 15 is 0 Å². The lowest BCUT2D eigenvalue weighted by Gasteiger charge is -2.29. The molecule has 31 heavy (non-hydrogen) atoms. The van der Waals surface area contributed by atoms with Crippen molar-refractivity contribution in [3.63, 3.8) is 0 Å². The van der Waals surface area contributed by atoms with Gasteiger partial charge >= 0.3 is 0 Å². The summed E-state index contributed by atoms with van der Waals surface area (Å²) in [6.45, 7) is 3.91. The van der Waals surface area contributed by atoms with Crippen LogP contribution >= 0.6 is 15.9 Å². The predicted molar refractivity (Wildman–Crippen MR) is 123 cm³/mol. The van der Waals surface area contributed by atoms with Gasteiger partial charge in [-0.05, 0) is 55.3 Å². The van der Waals surface area contributed by atoms with Crippen molar-refractivity contribution in [2.24, 2.45) is 5.92 Å². The summed E-state index contributed by atoms with van der Waals surface area (Å²) in [7, 11) is 0. The number of nitrogens with zero attached hydrogens (tertiary/aromatic N) is 2. The van der Waals surface area contributed by atoms with E-state index in [4.69, 9.17) is 4.84 Å². The van der Waals surface area contributed by atoms with Gasteiger partial charge in [-0.3, -0.25) is 14.4 Å². The number of rotatable bonds is 3. The molecule has 0 unspecified atom stereocenters. The monoisotopic (exact) mass is 476 g/mol. The lowest BCUT2D eigenvalue weighted by Crippen LogP contribution is -2.37. The quantitative estimate of drug-likeness (QED) is 0.492. The first-order chi connectivity index (χ1) is 15.0. The molecule has 156 valence electrons. The average Bonchev–Trinajstić information content (AvgIpc) is 3.26. The number of halogens is 1. The van der Waals surface area contributed by atoms with Crippen LogP contribution in [0.5, 0.6) is 0 Å². The maximum atomic E-state index is 13.7. The topological polar surface area (TPSA) is 49.9 Å². The highest BCUT2D eigenvalue weighted by atomic mass is 79.9. The Labute approximate surface area is 189 Å². The molecule has 2 fully saturated rings. The van der Waals surface area contributed by atoms with Crippen molar-refractivity contribution in [2.45, 2.75) is 26.0 Å². The minimum absolute atomic E-state index is 0.231. The third kappa shape index (κ3) is 3.27. The van der Waals surface area contributed by atoms with E-state index in [1.165, 1.54) is 4.90 Å². The molecule has 2 aliphatic heterocycles. The molecule has 2 amide bonds. The highest BCUT2D eigenvalue weighted by Gasteiger charge is 2.60. The Morgan fingerprint density at radius 3 is 2.35 bits per heavy atom. The number of aryl methyl sites for hydroxylation is 2. The summed E-state index contributed by atoms with van der Waals surface area (Å²) in [4.78, 5) is 34.6. The van der Waals surface area contributed by atoms with Crippen molar-refractivity contribution in [1.82, 2.24) is 0 Å². The van der Waals surface area contributed by atoms with E-state index in [2.05, 4.69) is 15.9 Å². The summed E-state index contributed by atoms with van der Waals surface area (Å²) in [6.07, 6.45) is -0.864. The maximum absolute atomic E-state index is 13.7. The summed E-state index contributed by atoms with van der Waals surface area (Å²) < 4.78 is 0.907. The number of anilines is 2. The van der Waals surface area contributed by atoms with Crippen molar-refractivity contribution in [3.05, 3.63) is 94.0 Å². The van der Waals surface area contributed by atoms with Crippen LogP contribution in [0.4, 0.5) is 11.4 Å². The molecule has 0 saturated carbocycles. The largest absolute Gasteiger partial charge is 0.273 e. The SMILES string of the molecule is Cc1ccc(N2C(=O)[C@@H]3[C@@H](c4cccc(Br)c4)N(c4ccccc4)O[C@H]3C2=O)c(C)c1. The van der Waals surface area contributed by atoms with E-state index in [0.29, 0.717) is 5.69 Å². The number of hydrogen-bond donors (Lipinski definition) is 0. The Balaban J connectivity index is 1.60. The van der Waals surface area contributed by atoms with Gasteiger partial charge in [0.2, 0.25) is 5.91 Å². The molecule has 0 N–H and O–H groups in total. The number of carbonyl (C=O) groups is 2. The van der Waals surface area contributed by atoms with Gasteiger partial charge in [0, 0.05) is 4.47 Å². The Morgan fingerprint density at radius 1 is 0.871 bits per heavy atom. The minimum Gasteiger partial charge on any atom is -0.273 e. The zero-order valence-corrected chi connectivity index (χ0v) is 18.7. The number of imide groups is 1. The zero-order valence-electron chi connectivity index (χ0n) is 17.2. The second kappa shape index (κ2) is 7.62. The van der Waals surface area contributed by atoms with Crippen LogP contribution in [0.15, 0.2) is 77.3 Å². The first-order valence-electron chi connectivity index (χ1n) is 10.2. The fraction of sp³-hybridized carbons (Fsp3) is 0.200. The molecule has 0 bridgehead atoms. The van der Waals surface area contributed by atoms with E-state index < -0.39 is 18.1 Å². The molecule has 3 aromatic rings. The first kappa shape index (κ1) is 20.0. The second-order valence-electron chi connectivity index (χ2n) is 8.01. The number of hydrogen-bond acceptors (Lipinski definition) is 4. The van der Waals surface area contributed by atoms with Crippen molar-refractivity contribution in [2.75, 3.05) is 9.96 Å². The lowest BCUT2D eigenvalue weighted by atomic mass is 9.90. The third-order valence-electron chi connectivity index (χ3n) is 5.91. The van der Waals surface area contributed by atoms with Crippen LogP contribution in [0.25, 0.3) is 0 Å². The van der Waals surface area contributed by atoms with Gasteiger partial charge in [-0.15, -0.1) is 0 Å². The van der Waals surface area contributed by atoms with Crippen LogP contribution in [0.3, 0.4) is 0 Å². The van der Waals surface area contributed by atoms with Gasteiger partial charge in [-0.25, -0.2) is 9.96 Å². The molecule has 0 aliphatic carbocycles. The summed E-state index contributed by atoms with van der Waals surface area (Å²) in [6, 6.07) is 22.7. The molecular formula is C25H21BrN2O3. The normalized spacial score (nSPS) is 22.9. The van der Waals surface area contributed by atoms with Crippen molar-refractivity contribution in [1.29, 1.82) is 0 Å². The summed E-state index contributed by atoms with van der Waals surface area (Å²) in [5, 5.41) is 1.71. The smallest absolute Gasteiger partial charge is 0.266 e. The fourth-order valence-electron chi connectivity index (χ4n) is 4.54. The van der Waals surface area contributed by atoms with E-state index in [9.17, 15) is 9.59 Å². The van der Waals surface area contributed by atoms with Gasteiger partial charge in [0.15, 0.2) is 6.10 Å². The zero-order chi connectivity index (χ0) is 21.7. The number of para-hydroxylation sites is 1. The third-order valence-corrected chi connectivity index (χ3v) is 6.40. The number of amides is 2. The number of carbonyl (C=O) groups excluding carboxylic acids is 2. The maximum Gasteiger partial charge on any atom is 0.266 e. The molecule has 2 saturated heterocycles. The predicted octanol–water partition coefficient (Wildman–Crippen LogP) is 5.12. The fourth-order valence-corrected chi connectivity index (χ4v) is 4.95. The highest BCUT2D eigenvalue weighted by Crippen LogP contribution is 2.48. The highest BCUT2D eigenvalue weighted by molar-refractivity contribution is 9.10. The molecule has 3 atom stereocenters. The molecule has 0 aromatic heterocycles. The van der Waals surface area contributed by atoms with Crippen LogP contribution < -0.4 is 9.96 Å². The molecule has 6 heteroatoms. The van der Waals surface area contributed by atoms with Gasteiger partial charge < -0.3 is 0 Å². The summed E-state index contributed by atoms with van der Waals surface area (Å²) in [5.74, 6) is -1.19. The van der Waals surface area contributed by atoms with Crippen molar-refractivity contribution >= 4 is 39.1 Å². The van der Waals surface area contributed by atoms with Gasteiger partial charge in [-0.1, -0.05) is 64.0 Å². The molecule has 3 aromatic carbocycles. The minimum atomic E-state index is -0.864. The van der Waals surface area contributed by atoms with Crippen LogP contribution in [0.1, 0.15) is 22.7 Å². The van der Waals surface area contributed by atoms with Gasteiger partial charge in [-0.2, -0.15) is 0 Å². The van der Waals surface area contributed by atoms with Crippen molar-refractivity contribution < 1.29 is 14.4 Å². The molecule has 5 rings (SSSR count).